The van der Waals surface area contributed by atoms with Crippen molar-refractivity contribution in [1.29, 1.82) is 0 Å². The monoisotopic (exact) mass is 349 g/mol. The maximum Gasteiger partial charge on any atom is 0.256 e. The van der Waals surface area contributed by atoms with Crippen molar-refractivity contribution in [1.82, 2.24) is 4.98 Å². The van der Waals surface area contributed by atoms with E-state index < -0.39 is 0 Å². The van der Waals surface area contributed by atoms with Gasteiger partial charge in [-0.05, 0) is 46.5 Å². The van der Waals surface area contributed by atoms with Gasteiger partial charge in [0, 0.05) is 16.5 Å². The summed E-state index contributed by atoms with van der Waals surface area (Å²) in [4.78, 5) is 15.3. The number of methoxy groups -OCH3 is 1. The van der Waals surface area contributed by atoms with Crippen LogP contribution >= 0.6 is 11.8 Å². The molecule has 126 valence electrons. The molecule has 0 unspecified atom stereocenters. The van der Waals surface area contributed by atoms with E-state index >= 15 is 0 Å². The molecule has 0 aliphatic carbocycles. The summed E-state index contributed by atoms with van der Waals surface area (Å²) in [5.74, 6) is 3.81. The highest BCUT2D eigenvalue weighted by molar-refractivity contribution is 8.04. The normalized spacial score (nSPS) is 10.6. The van der Waals surface area contributed by atoms with Gasteiger partial charge in [-0.25, -0.2) is 0 Å². The Hall–Kier alpha value is -2.64. The minimum absolute atomic E-state index is 0.122. The quantitative estimate of drug-likeness (QED) is 0.700. The molecule has 0 saturated heterocycles. The van der Waals surface area contributed by atoms with E-state index in [0.717, 1.165) is 22.2 Å². The molecule has 4 heteroatoms. The Labute approximate surface area is 151 Å². The Kier molecular flexibility index (Phi) is 5.16. The SMILES string of the molecule is COc1ccc2cc(-c3ccc(C#CSC(C)C)cc3)[nH]c(=O)c2c1. The molecular weight excluding hydrogens is 330 g/mol. The number of benzene rings is 2. The number of thioether (sulfide) groups is 1. The number of rotatable bonds is 3. The number of nitrogens with one attached hydrogen (secondary N) is 1. The predicted molar refractivity (Wildman–Crippen MR) is 106 cm³/mol. The van der Waals surface area contributed by atoms with Crippen molar-refractivity contribution in [2.24, 2.45) is 0 Å². The molecule has 0 radical (unpaired) electrons. The molecule has 25 heavy (non-hydrogen) atoms. The predicted octanol–water partition coefficient (Wildman–Crippen LogP) is 4.65. The van der Waals surface area contributed by atoms with E-state index in [1.54, 1.807) is 24.9 Å². The fourth-order valence-electron chi connectivity index (χ4n) is 2.46. The summed E-state index contributed by atoms with van der Waals surface area (Å²) in [7, 11) is 1.59. The molecule has 1 N–H and O–H groups in total. The lowest BCUT2D eigenvalue weighted by Crippen LogP contribution is -2.07. The van der Waals surface area contributed by atoms with Crippen LogP contribution in [0.3, 0.4) is 0 Å². The zero-order valence-electron chi connectivity index (χ0n) is 14.4. The van der Waals surface area contributed by atoms with E-state index in [9.17, 15) is 4.79 Å². The lowest BCUT2D eigenvalue weighted by atomic mass is 10.1. The van der Waals surface area contributed by atoms with Crippen LogP contribution in [0.2, 0.25) is 0 Å². The molecule has 3 rings (SSSR count). The Morgan fingerprint density at radius 1 is 1.08 bits per heavy atom. The van der Waals surface area contributed by atoms with Gasteiger partial charge in [0.1, 0.15) is 5.75 Å². The number of pyridine rings is 1. The third kappa shape index (κ3) is 4.07. The molecule has 2 aromatic carbocycles. The molecule has 0 spiro atoms. The van der Waals surface area contributed by atoms with Gasteiger partial charge in [0.2, 0.25) is 0 Å². The van der Waals surface area contributed by atoms with Gasteiger partial charge in [0.25, 0.3) is 5.56 Å². The van der Waals surface area contributed by atoms with Crippen LogP contribution in [0.1, 0.15) is 19.4 Å². The van der Waals surface area contributed by atoms with Crippen molar-refractivity contribution in [2.75, 3.05) is 7.11 Å². The lowest BCUT2D eigenvalue weighted by molar-refractivity contribution is 0.415. The van der Waals surface area contributed by atoms with Gasteiger partial charge in [-0.2, -0.15) is 0 Å². The largest absolute Gasteiger partial charge is 0.497 e. The van der Waals surface area contributed by atoms with Crippen LogP contribution in [-0.4, -0.2) is 17.3 Å². The summed E-state index contributed by atoms with van der Waals surface area (Å²) in [5.41, 5.74) is 2.59. The van der Waals surface area contributed by atoms with Crippen LogP contribution in [0.25, 0.3) is 22.0 Å². The van der Waals surface area contributed by atoms with Crippen molar-refractivity contribution in [3.63, 3.8) is 0 Å². The van der Waals surface area contributed by atoms with Gasteiger partial charge >= 0.3 is 0 Å². The number of H-pyrrole nitrogens is 1. The summed E-state index contributed by atoms with van der Waals surface area (Å²) in [6.07, 6.45) is 0. The molecule has 3 nitrogen and oxygen atoms in total. The molecule has 0 atom stereocenters. The van der Waals surface area contributed by atoms with Crippen molar-refractivity contribution < 1.29 is 4.74 Å². The third-order valence-corrected chi connectivity index (χ3v) is 4.43. The summed E-state index contributed by atoms with van der Waals surface area (Å²) >= 11 is 1.61. The van der Waals surface area contributed by atoms with Gasteiger partial charge in [0.05, 0.1) is 12.5 Å². The van der Waals surface area contributed by atoms with E-state index in [4.69, 9.17) is 4.74 Å². The maximum absolute atomic E-state index is 12.4. The standard InChI is InChI=1S/C21H19NO2S/c1-14(2)25-11-10-15-4-6-16(7-5-15)20-12-17-8-9-18(24-3)13-19(17)21(23)22-20/h4-9,12-14H,1-3H3,(H,22,23). The molecule has 0 bridgehead atoms. The van der Waals surface area contributed by atoms with E-state index in [2.05, 4.69) is 30.0 Å². The van der Waals surface area contributed by atoms with Crippen LogP contribution in [-0.2, 0) is 0 Å². The molecule has 1 aromatic heterocycles. The zero-order valence-corrected chi connectivity index (χ0v) is 15.2. The molecule has 0 fully saturated rings. The molecular formula is C21H19NO2S. The second-order valence-electron chi connectivity index (χ2n) is 5.94. The fourth-order valence-corrected chi connectivity index (χ4v) is 2.87. The third-order valence-electron chi connectivity index (χ3n) is 3.74. The number of fused-ring (bicyclic) bond motifs is 1. The molecule has 0 amide bonds. The highest BCUT2D eigenvalue weighted by Crippen LogP contribution is 2.23. The van der Waals surface area contributed by atoms with Crippen LogP contribution in [0.4, 0.5) is 0 Å². The average Bonchev–Trinajstić information content (AvgIpc) is 2.61. The lowest BCUT2D eigenvalue weighted by Gasteiger charge is -2.06. The first-order chi connectivity index (χ1) is 12.1. The average molecular weight is 349 g/mol. The maximum atomic E-state index is 12.4. The second kappa shape index (κ2) is 7.50. The van der Waals surface area contributed by atoms with E-state index in [1.807, 2.05) is 42.5 Å². The molecule has 1 heterocycles. The summed E-state index contributed by atoms with van der Waals surface area (Å²) < 4.78 is 5.18. The number of hydrogen-bond donors (Lipinski definition) is 1. The molecule has 0 aliphatic rings. The Morgan fingerprint density at radius 3 is 2.52 bits per heavy atom. The van der Waals surface area contributed by atoms with Crippen LogP contribution in [0, 0.1) is 11.2 Å². The van der Waals surface area contributed by atoms with Gasteiger partial charge in [-0.15, -0.1) is 0 Å². The van der Waals surface area contributed by atoms with Crippen molar-refractivity contribution in [2.45, 2.75) is 19.1 Å². The van der Waals surface area contributed by atoms with Gasteiger partial charge in [-0.1, -0.05) is 49.7 Å². The fraction of sp³-hybridized carbons (Fsp3) is 0.190. The van der Waals surface area contributed by atoms with E-state index in [0.29, 0.717) is 16.4 Å². The first-order valence-corrected chi connectivity index (χ1v) is 8.93. The number of aromatic nitrogens is 1. The molecule has 0 aliphatic heterocycles. The van der Waals surface area contributed by atoms with Gasteiger partial charge < -0.3 is 9.72 Å². The van der Waals surface area contributed by atoms with Gasteiger partial charge in [0.15, 0.2) is 0 Å². The van der Waals surface area contributed by atoms with E-state index in [1.165, 1.54) is 0 Å². The Bertz CT molecular complexity index is 1010. The summed E-state index contributed by atoms with van der Waals surface area (Å²) in [6.45, 7) is 4.24. The second-order valence-corrected chi connectivity index (χ2v) is 7.32. The van der Waals surface area contributed by atoms with Crippen LogP contribution in [0.15, 0.2) is 53.3 Å². The number of hydrogen-bond acceptors (Lipinski definition) is 3. The number of aromatic amines is 1. The van der Waals surface area contributed by atoms with Crippen LogP contribution in [0.5, 0.6) is 5.75 Å². The molecule has 0 saturated carbocycles. The minimum Gasteiger partial charge on any atom is -0.497 e. The van der Waals surface area contributed by atoms with Crippen molar-refractivity contribution in [3.05, 3.63) is 64.4 Å². The molecule has 3 aromatic rings. The van der Waals surface area contributed by atoms with Crippen LogP contribution < -0.4 is 10.3 Å². The highest BCUT2D eigenvalue weighted by atomic mass is 32.2. The number of ether oxygens (including phenoxy) is 1. The topological polar surface area (TPSA) is 42.1 Å². The highest BCUT2D eigenvalue weighted by Gasteiger charge is 2.05. The van der Waals surface area contributed by atoms with Crippen molar-refractivity contribution >= 4 is 22.5 Å². The summed E-state index contributed by atoms with van der Waals surface area (Å²) in [5, 5.41) is 5.10. The van der Waals surface area contributed by atoms with Gasteiger partial charge in [-0.3, -0.25) is 4.79 Å². The van der Waals surface area contributed by atoms with Crippen molar-refractivity contribution in [3.8, 4) is 28.2 Å². The first-order valence-electron chi connectivity index (χ1n) is 8.05. The Morgan fingerprint density at radius 2 is 1.84 bits per heavy atom. The minimum atomic E-state index is -0.122. The Balaban J connectivity index is 1.93. The summed E-state index contributed by atoms with van der Waals surface area (Å²) in [6, 6.07) is 15.4. The smallest absolute Gasteiger partial charge is 0.256 e. The first kappa shape index (κ1) is 17.2. The van der Waals surface area contributed by atoms with E-state index in [-0.39, 0.29) is 5.56 Å². The zero-order chi connectivity index (χ0) is 17.8.